The van der Waals surface area contributed by atoms with Crippen molar-refractivity contribution in [3.8, 4) is 0 Å². The first-order chi connectivity index (χ1) is 13.0. The molecule has 12 heteroatoms. The molecule has 1 amide bonds. The van der Waals surface area contributed by atoms with E-state index in [9.17, 15) is 28.1 Å². The molecule has 0 saturated heterocycles. The zero-order chi connectivity index (χ0) is 21.2. The number of carbonyl (C=O) groups is 1. The maximum Gasteiger partial charge on any atom is 0.417 e. The van der Waals surface area contributed by atoms with Gasteiger partial charge < -0.3 is 10.2 Å². The van der Waals surface area contributed by atoms with E-state index in [1.54, 1.807) is 6.92 Å². The molecule has 8 nitrogen and oxygen atoms in total. The van der Waals surface area contributed by atoms with Crippen LogP contribution in [-0.4, -0.2) is 34.2 Å². The Kier molecular flexibility index (Phi) is 6.17. The van der Waals surface area contributed by atoms with Crippen molar-refractivity contribution in [2.75, 3.05) is 23.8 Å². The summed E-state index contributed by atoms with van der Waals surface area (Å²) in [7, 11) is 2.96. The molecule has 1 aromatic heterocycles. The fourth-order valence-electron chi connectivity index (χ4n) is 2.72. The monoisotopic (exact) mass is 419 g/mol. The molecule has 152 valence electrons. The molecule has 2 aromatic rings. The van der Waals surface area contributed by atoms with Crippen molar-refractivity contribution in [3.05, 3.63) is 44.6 Å². The van der Waals surface area contributed by atoms with Crippen molar-refractivity contribution in [3.63, 3.8) is 0 Å². The molecule has 0 fully saturated rings. The highest BCUT2D eigenvalue weighted by molar-refractivity contribution is 6.31. The largest absolute Gasteiger partial charge is 0.417 e. The molecule has 0 unspecified atom stereocenters. The lowest BCUT2D eigenvalue weighted by molar-refractivity contribution is -0.384. The summed E-state index contributed by atoms with van der Waals surface area (Å²) in [6.07, 6.45) is -4.34. The molecule has 1 heterocycles. The van der Waals surface area contributed by atoms with Crippen LogP contribution in [0.25, 0.3) is 0 Å². The molecule has 0 aliphatic carbocycles. The first-order valence-corrected chi connectivity index (χ1v) is 8.41. The first-order valence-electron chi connectivity index (χ1n) is 8.03. The summed E-state index contributed by atoms with van der Waals surface area (Å²) >= 11 is 5.55. The highest BCUT2D eigenvalue weighted by atomic mass is 35.5. The Morgan fingerprint density at radius 2 is 2.07 bits per heavy atom. The average molecular weight is 420 g/mol. The Labute approximate surface area is 163 Å². The minimum atomic E-state index is -4.67. The molecule has 0 radical (unpaired) electrons. The number of nitro groups is 1. The lowest BCUT2D eigenvalue weighted by atomic mass is 10.2. The van der Waals surface area contributed by atoms with Crippen molar-refractivity contribution in [1.29, 1.82) is 0 Å². The van der Waals surface area contributed by atoms with Gasteiger partial charge in [-0.1, -0.05) is 18.5 Å². The molecule has 0 bridgehead atoms. The van der Waals surface area contributed by atoms with Gasteiger partial charge in [-0.2, -0.15) is 18.3 Å². The minimum absolute atomic E-state index is 0.0936. The quantitative estimate of drug-likeness (QED) is 0.570. The summed E-state index contributed by atoms with van der Waals surface area (Å²) in [5.41, 5.74) is -1.12. The maximum absolute atomic E-state index is 12.9. The molecule has 0 atom stereocenters. The summed E-state index contributed by atoms with van der Waals surface area (Å²) in [5, 5.41) is 17.3. The fourth-order valence-corrected chi connectivity index (χ4v) is 2.95. The third-order valence-corrected chi connectivity index (χ3v) is 4.21. The number of alkyl halides is 3. The van der Waals surface area contributed by atoms with Gasteiger partial charge in [0.1, 0.15) is 5.69 Å². The second-order valence-corrected chi connectivity index (χ2v) is 6.36. The zero-order valence-corrected chi connectivity index (χ0v) is 15.9. The molecule has 1 aromatic carbocycles. The van der Waals surface area contributed by atoms with Crippen LogP contribution in [0.2, 0.25) is 5.02 Å². The number of nitrogens with zero attached hydrogens (tertiary/aromatic N) is 4. The van der Waals surface area contributed by atoms with Crippen molar-refractivity contribution in [2.24, 2.45) is 7.05 Å². The van der Waals surface area contributed by atoms with E-state index in [0.717, 1.165) is 12.1 Å². The molecule has 0 aliphatic rings. The SMILES string of the molecule is CCc1nn(C)c(N(C)CC(=O)Nc2ccc(Cl)c(C(F)(F)F)c2)c1[N+](=O)[O-]. The topological polar surface area (TPSA) is 93.3 Å². The highest BCUT2D eigenvalue weighted by Crippen LogP contribution is 2.36. The molecule has 28 heavy (non-hydrogen) atoms. The van der Waals surface area contributed by atoms with E-state index in [0.29, 0.717) is 6.42 Å². The van der Waals surface area contributed by atoms with Crippen LogP contribution in [0.4, 0.5) is 30.4 Å². The van der Waals surface area contributed by atoms with Crippen LogP contribution in [0.5, 0.6) is 0 Å². The molecule has 1 N–H and O–H groups in total. The summed E-state index contributed by atoms with van der Waals surface area (Å²) in [6.45, 7) is 1.37. The molecule has 0 aliphatic heterocycles. The molecular formula is C16H17ClF3N5O3. The lowest BCUT2D eigenvalue weighted by Gasteiger charge is -2.18. The van der Waals surface area contributed by atoms with Gasteiger partial charge >= 0.3 is 11.9 Å². The van der Waals surface area contributed by atoms with Gasteiger partial charge in [-0.25, -0.2) is 4.68 Å². The second kappa shape index (κ2) is 8.05. The zero-order valence-electron chi connectivity index (χ0n) is 15.2. The smallest absolute Gasteiger partial charge is 0.345 e. The third kappa shape index (κ3) is 4.53. The number of aryl methyl sites for hydroxylation is 2. The first kappa shape index (κ1) is 21.5. The standard InChI is InChI=1S/C16H17ClF3N5O3/c1-4-12-14(25(27)28)15(24(3)22-12)23(2)8-13(26)21-9-5-6-11(17)10(7-9)16(18,19)20/h5-7H,4,8H2,1-3H3,(H,21,26). The highest BCUT2D eigenvalue weighted by Gasteiger charge is 2.33. The van der Waals surface area contributed by atoms with Gasteiger partial charge in [0.25, 0.3) is 0 Å². The van der Waals surface area contributed by atoms with Gasteiger partial charge in [-0.15, -0.1) is 0 Å². The summed E-state index contributed by atoms with van der Waals surface area (Å²) < 4.78 is 40.0. The van der Waals surface area contributed by atoms with Gasteiger partial charge in [0.2, 0.25) is 11.7 Å². The van der Waals surface area contributed by atoms with E-state index in [1.807, 2.05) is 0 Å². The van der Waals surface area contributed by atoms with Crippen molar-refractivity contribution >= 4 is 34.7 Å². The van der Waals surface area contributed by atoms with Crippen molar-refractivity contribution in [2.45, 2.75) is 19.5 Å². The van der Waals surface area contributed by atoms with Gasteiger partial charge in [0.05, 0.1) is 22.1 Å². The Bertz CT molecular complexity index is 914. The lowest BCUT2D eigenvalue weighted by Crippen LogP contribution is -2.31. The second-order valence-electron chi connectivity index (χ2n) is 5.95. The minimum Gasteiger partial charge on any atom is -0.345 e. The van der Waals surface area contributed by atoms with E-state index in [-0.39, 0.29) is 29.4 Å². The molecule has 2 rings (SSSR count). The Hall–Kier alpha value is -2.82. The number of aromatic nitrogens is 2. The number of hydrogen-bond acceptors (Lipinski definition) is 5. The number of carbonyl (C=O) groups excluding carboxylic acids is 1. The Balaban J connectivity index is 2.21. The Morgan fingerprint density at radius 1 is 1.43 bits per heavy atom. The van der Waals surface area contributed by atoms with Crippen molar-refractivity contribution < 1.29 is 22.9 Å². The number of nitrogens with one attached hydrogen (secondary N) is 1. The predicted octanol–water partition coefficient (Wildman–Crippen LogP) is 3.64. The summed E-state index contributed by atoms with van der Waals surface area (Å²) in [4.78, 5) is 24.3. The Morgan fingerprint density at radius 3 is 2.61 bits per heavy atom. The van der Waals surface area contributed by atoms with Gasteiger partial charge in [0, 0.05) is 19.8 Å². The van der Waals surface area contributed by atoms with Gasteiger partial charge in [0.15, 0.2) is 0 Å². The van der Waals surface area contributed by atoms with E-state index in [2.05, 4.69) is 10.4 Å². The van der Waals surface area contributed by atoms with Crippen molar-refractivity contribution in [1.82, 2.24) is 9.78 Å². The van der Waals surface area contributed by atoms with Crippen LogP contribution < -0.4 is 10.2 Å². The van der Waals surface area contributed by atoms with Crippen LogP contribution in [-0.2, 0) is 24.4 Å². The number of halogens is 4. The summed E-state index contributed by atoms with van der Waals surface area (Å²) in [6, 6.07) is 2.99. The molecular weight excluding hydrogens is 403 g/mol. The number of amides is 1. The number of hydrogen-bond donors (Lipinski definition) is 1. The van der Waals surface area contributed by atoms with Gasteiger partial charge in [-0.05, 0) is 24.6 Å². The number of anilines is 2. The summed E-state index contributed by atoms with van der Waals surface area (Å²) in [5.74, 6) is -0.546. The maximum atomic E-state index is 12.9. The van der Waals surface area contributed by atoms with E-state index < -0.39 is 27.6 Å². The number of likely N-dealkylation sites (N-methyl/N-ethyl adjacent to an activating group) is 1. The number of benzene rings is 1. The molecule has 0 saturated carbocycles. The number of rotatable bonds is 6. The van der Waals surface area contributed by atoms with Gasteiger partial charge in [-0.3, -0.25) is 14.9 Å². The molecule has 0 spiro atoms. The van der Waals surface area contributed by atoms with E-state index in [4.69, 9.17) is 11.6 Å². The van der Waals surface area contributed by atoms with Crippen LogP contribution >= 0.6 is 11.6 Å². The van der Waals surface area contributed by atoms with Crippen LogP contribution in [0.15, 0.2) is 18.2 Å². The third-order valence-electron chi connectivity index (χ3n) is 3.88. The fraction of sp³-hybridized carbons (Fsp3) is 0.375. The van der Waals surface area contributed by atoms with E-state index in [1.165, 1.54) is 29.7 Å². The predicted molar refractivity (Wildman–Crippen MR) is 97.6 cm³/mol. The van der Waals surface area contributed by atoms with E-state index >= 15 is 0 Å². The van der Waals surface area contributed by atoms with Crippen LogP contribution in [0.3, 0.4) is 0 Å². The van der Waals surface area contributed by atoms with Crippen LogP contribution in [0, 0.1) is 10.1 Å². The van der Waals surface area contributed by atoms with Crippen LogP contribution in [0.1, 0.15) is 18.2 Å². The normalized spacial score (nSPS) is 11.4. The average Bonchev–Trinajstić information content (AvgIpc) is 2.92.